The van der Waals surface area contributed by atoms with Crippen LogP contribution in [0.15, 0.2) is 27.7 Å². The highest BCUT2D eigenvalue weighted by atomic mass is 79.9. The van der Waals surface area contributed by atoms with Crippen LogP contribution in [0.25, 0.3) is 0 Å². The van der Waals surface area contributed by atoms with Crippen LogP contribution >= 0.6 is 15.9 Å². The van der Waals surface area contributed by atoms with Gasteiger partial charge in [-0.1, -0.05) is 6.07 Å². The van der Waals surface area contributed by atoms with E-state index in [2.05, 4.69) is 25.8 Å². The van der Waals surface area contributed by atoms with Gasteiger partial charge in [0, 0.05) is 18.3 Å². The van der Waals surface area contributed by atoms with Crippen LogP contribution in [0.1, 0.15) is 12.0 Å². The fourth-order valence-corrected chi connectivity index (χ4v) is 1.66. The predicted molar refractivity (Wildman–Crippen MR) is 71.4 cm³/mol. The Morgan fingerprint density at radius 3 is 2.88 bits per heavy atom. The molecule has 1 rings (SSSR count). The van der Waals surface area contributed by atoms with E-state index in [0.29, 0.717) is 4.47 Å². The van der Waals surface area contributed by atoms with Gasteiger partial charge in [-0.25, -0.2) is 0 Å². The maximum absolute atomic E-state index is 9.70. The van der Waals surface area contributed by atoms with Crippen LogP contribution in [-0.4, -0.2) is 43.4 Å². The molecule has 0 aromatic heterocycles. The zero-order valence-corrected chi connectivity index (χ0v) is 11.2. The lowest BCUT2D eigenvalue weighted by molar-refractivity contribution is 0.403. The van der Waals surface area contributed by atoms with E-state index in [-0.39, 0.29) is 5.75 Å². The quantitative estimate of drug-likeness (QED) is 0.666. The number of phenols is 1. The van der Waals surface area contributed by atoms with E-state index >= 15 is 0 Å². The third-order valence-corrected chi connectivity index (χ3v) is 2.78. The van der Waals surface area contributed by atoms with Gasteiger partial charge in [0.1, 0.15) is 5.75 Å². The van der Waals surface area contributed by atoms with E-state index in [9.17, 15) is 5.11 Å². The lowest BCUT2D eigenvalue weighted by Crippen LogP contribution is -2.13. The van der Waals surface area contributed by atoms with Gasteiger partial charge in [-0.2, -0.15) is 0 Å². The monoisotopic (exact) mass is 284 g/mol. The summed E-state index contributed by atoms with van der Waals surface area (Å²) in [5, 5.41) is 9.70. The van der Waals surface area contributed by atoms with Crippen molar-refractivity contribution in [1.29, 1.82) is 0 Å². The number of nitrogens with zero attached hydrogens (tertiary/aromatic N) is 2. The molecule has 0 bridgehead atoms. The molecule has 0 fully saturated rings. The SMILES string of the molecule is CN(C)CCCN=Cc1cccc(Br)c1O. The maximum atomic E-state index is 9.70. The Balaban J connectivity index is 2.47. The molecule has 0 saturated heterocycles. The van der Waals surface area contributed by atoms with Crippen LogP contribution in [-0.2, 0) is 0 Å². The van der Waals surface area contributed by atoms with Gasteiger partial charge >= 0.3 is 0 Å². The van der Waals surface area contributed by atoms with Crippen molar-refractivity contribution in [3.63, 3.8) is 0 Å². The van der Waals surface area contributed by atoms with Gasteiger partial charge in [-0.15, -0.1) is 0 Å². The van der Waals surface area contributed by atoms with Crippen molar-refractivity contribution in [2.75, 3.05) is 27.2 Å². The fraction of sp³-hybridized carbons (Fsp3) is 0.417. The summed E-state index contributed by atoms with van der Waals surface area (Å²) in [4.78, 5) is 6.41. The van der Waals surface area contributed by atoms with Gasteiger partial charge in [0.2, 0.25) is 0 Å². The van der Waals surface area contributed by atoms with Crippen LogP contribution in [0.5, 0.6) is 5.75 Å². The lowest BCUT2D eigenvalue weighted by atomic mass is 10.2. The molecule has 16 heavy (non-hydrogen) atoms. The molecule has 1 aromatic rings. The summed E-state index contributed by atoms with van der Waals surface area (Å²) in [6, 6.07) is 5.53. The Morgan fingerprint density at radius 1 is 1.44 bits per heavy atom. The Morgan fingerprint density at radius 2 is 2.19 bits per heavy atom. The average Bonchev–Trinajstić information content (AvgIpc) is 2.23. The summed E-state index contributed by atoms with van der Waals surface area (Å²) in [6.45, 7) is 1.81. The first kappa shape index (κ1) is 13.2. The minimum Gasteiger partial charge on any atom is -0.506 e. The molecule has 0 aliphatic carbocycles. The minimum atomic E-state index is 0.249. The highest BCUT2D eigenvalue weighted by Gasteiger charge is 2.00. The smallest absolute Gasteiger partial charge is 0.138 e. The molecule has 0 atom stereocenters. The van der Waals surface area contributed by atoms with Crippen LogP contribution in [0.3, 0.4) is 0 Å². The van der Waals surface area contributed by atoms with Crippen LogP contribution in [0, 0.1) is 0 Å². The highest BCUT2D eigenvalue weighted by molar-refractivity contribution is 9.10. The van der Waals surface area contributed by atoms with Gasteiger partial charge < -0.3 is 10.0 Å². The first-order chi connectivity index (χ1) is 7.61. The topological polar surface area (TPSA) is 35.8 Å². The van der Waals surface area contributed by atoms with Crippen molar-refractivity contribution in [3.8, 4) is 5.75 Å². The molecular weight excluding hydrogens is 268 g/mol. The van der Waals surface area contributed by atoms with Gasteiger partial charge in [-0.05, 0) is 55.1 Å². The summed E-state index contributed by atoms with van der Waals surface area (Å²) >= 11 is 3.27. The van der Waals surface area contributed by atoms with E-state index in [1.165, 1.54) is 0 Å². The number of para-hydroxylation sites is 1. The first-order valence-electron chi connectivity index (χ1n) is 5.23. The van der Waals surface area contributed by atoms with Gasteiger partial charge in [0.15, 0.2) is 0 Å². The zero-order valence-electron chi connectivity index (χ0n) is 9.65. The molecule has 0 spiro atoms. The minimum absolute atomic E-state index is 0.249. The number of hydrogen-bond donors (Lipinski definition) is 1. The maximum Gasteiger partial charge on any atom is 0.138 e. The first-order valence-corrected chi connectivity index (χ1v) is 6.02. The van der Waals surface area contributed by atoms with E-state index in [4.69, 9.17) is 0 Å². The molecule has 88 valence electrons. The molecule has 0 unspecified atom stereocenters. The predicted octanol–water partition coefficient (Wildman–Crippen LogP) is 2.53. The van der Waals surface area contributed by atoms with Gasteiger partial charge in [0.25, 0.3) is 0 Å². The number of halogens is 1. The van der Waals surface area contributed by atoms with Crippen LogP contribution in [0.4, 0.5) is 0 Å². The molecule has 4 heteroatoms. The Bertz CT molecular complexity index is 364. The van der Waals surface area contributed by atoms with Crippen molar-refractivity contribution in [1.82, 2.24) is 4.90 Å². The third-order valence-electron chi connectivity index (χ3n) is 2.14. The second kappa shape index (κ2) is 6.66. The Kier molecular flexibility index (Phi) is 5.49. The number of phenolic OH excluding ortho intramolecular Hbond substituents is 1. The average molecular weight is 285 g/mol. The number of aliphatic imine (C=N–C) groups is 1. The molecule has 0 saturated carbocycles. The Hall–Kier alpha value is -0.870. The summed E-state index contributed by atoms with van der Waals surface area (Å²) in [5.74, 6) is 0.249. The Labute approximate surface area is 105 Å². The lowest BCUT2D eigenvalue weighted by Gasteiger charge is -2.06. The van der Waals surface area contributed by atoms with Crippen molar-refractivity contribution >= 4 is 22.1 Å². The van der Waals surface area contributed by atoms with Crippen molar-refractivity contribution < 1.29 is 5.11 Å². The zero-order chi connectivity index (χ0) is 12.0. The number of aromatic hydroxyl groups is 1. The van der Waals surface area contributed by atoms with Crippen LogP contribution < -0.4 is 0 Å². The number of rotatable bonds is 5. The van der Waals surface area contributed by atoms with E-state index in [1.807, 2.05) is 26.2 Å². The summed E-state index contributed by atoms with van der Waals surface area (Å²) < 4.78 is 0.699. The third kappa shape index (κ3) is 4.33. The molecule has 0 aliphatic heterocycles. The number of benzene rings is 1. The van der Waals surface area contributed by atoms with Crippen molar-refractivity contribution in [2.45, 2.75) is 6.42 Å². The summed E-state index contributed by atoms with van der Waals surface area (Å²) in [5.41, 5.74) is 0.749. The molecule has 1 N–H and O–H groups in total. The standard InChI is InChI=1S/C12H17BrN2O/c1-15(2)8-4-7-14-9-10-5-3-6-11(13)12(10)16/h3,5-6,9,16H,4,7-8H2,1-2H3. The summed E-state index contributed by atoms with van der Waals surface area (Å²) in [7, 11) is 4.09. The second-order valence-corrected chi connectivity index (χ2v) is 4.72. The second-order valence-electron chi connectivity index (χ2n) is 3.87. The van der Waals surface area contributed by atoms with Gasteiger partial charge in [0.05, 0.1) is 4.47 Å². The molecule has 1 aromatic carbocycles. The largest absolute Gasteiger partial charge is 0.506 e. The molecule has 0 heterocycles. The van der Waals surface area contributed by atoms with E-state index < -0.39 is 0 Å². The van der Waals surface area contributed by atoms with Gasteiger partial charge in [-0.3, -0.25) is 4.99 Å². The van der Waals surface area contributed by atoms with Crippen molar-refractivity contribution in [3.05, 3.63) is 28.2 Å². The number of hydrogen-bond acceptors (Lipinski definition) is 3. The molecule has 0 radical (unpaired) electrons. The van der Waals surface area contributed by atoms with E-state index in [0.717, 1.165) is 25.1 Å². The highest BCUT2D eigenvalue weighted by Crippen LogP contribution is 2.25. The van der Waals surface area contributed by atoms with Crippen molar-refractivity contribution in [2.24, 2.45) is 4.99 Å². The van der Waals surface area contributed by atoms with Crippen LogP contribution in [0.2, 0.25) is 0 Å². The molecular formula is C12H17BrN2O. The fourth-order valence-electron chi connectivity index (χ4n) is 1.28. The summed E-state index contributed by atoms with van der Waals surface area (Å²) in [6.07, 6.45) is 2.74. The van der Waals surface area contributed by atoms with E-state index in [1.54, 1.807) is 12.3 Å². The molecule has 0 aliphatic rings. The normalized spacial score (nSPS) is 11.5. The molecule has 3 nitrogen and oxygen atoms in total. The molecule has 0 amide bonds.